The standard InChI is InChI=1S/C18H22N4O2/c19-16(23)15(12-5-2-1-3-6-12)22-10-4-7-14(11-22)17-20-18(24-21-17)13-8-9-13/h1-3,5-6,13-15H,4,7-11H2,(H2,19,23)/t14-,15-/m0/s1. The highest BCUT2D eigenvalue weighted by atomic mass is 16.5. The van der Waals surface area contributed by atoms with Crippen molar-refractivity contribution in [3.8, 4) is 0 Å². The van der Waals surface area contributed by atoms with Crippen molar-refractivity contribution in [3.63, 3.8) is 0 Å². The molecule has 2 aromatic rings. The molecular weight excluding hydrogens is 304 g/mol. The summed E-state index contributed by atoms with van der Waals surface area (Å²) in [6.45, 7) is 1.58. The Morgan fingerprint density at radius 3 is 2.71 bits per heavy atom. The Labute approximate surface area is 141 Å². The van der Waals surface area contributed by atoms with Gasteiger partial charge in [-0.15, -0.1) is 0 Å². The molecule has 0 spiro atoms. The molecule has 24 heavy (non-hydrogen) atoms. The second-order valence-electron chi connectivity index (χ2n) is 6.81. The van der Waals surface area contributed by atoms with Gasteiger partial charge >= 0.3 is 0 Å². The Balaban J connectivity index is 1.53. The number of benzene rings is 1. The quantitative estimate of drug-likeness (QED) is 0.911. The summed E-state index contributed by atoms with van der Waals surface area (Å²) in [5, 5.41) is 4.18. The van der Waals surface area contributed by atoms with Crippen LogP contribution in [-0.2, 0) is 4.79 Å². The number of primary amides is 1. The first-order chi connectivity index (χ1) is 11.7. The summed E-state index contributed by atoms with van der Waals surface area (Å²) >= 11 is 0. The average Bonchev–Trinajstić information content (AvgIpc) is 3.33. The minimum absolute atomic E-state index is 0.195. The molecule has 2 N–H and O–H groups in total. The molecule has 6 heteroatoms. The second-order valence-corrected chi connectivity index (χ2v) is 6.81. The van der Waals surface area contributed by atoms with Crippen molar-refractivity contribution in [1.29, 1.82) is 0 Å². The fourth-order valence-electron chi connectivity index (χ4n) is 3.55. The molecule has 1 aliphatic heterocycles. The van der Waals surface area contributed by atoms with Crippen molar-refractivity contribution in [1.82, 2.24) is 15.0 Å². The van der Waals surface area contributed by atoms with E-state index in [2.05, 4.69) is 15.0 Å². The first kappa shape index (κ1) is 15.3. The molecule has 6 nitrogen and oxygen atoms in total. The third kappa shape index (κ3) is 3.06. The van der Waals surface area contributed by atoms with Crippen molar-refractivity contribution in [3.05, 3.63) is 47.6 Å². The molecule has 0 unspecified atom stereocenters. The number of carbonyl (C=O) groups is 1. The number of hydrogen-bond acceptors (Lipinski definition) is 5. The van der Waals surface area contributed by atoms with E-state index in [0.29, 0.717) is 5.92 Å². The Bertz CT molecular complexity index is 711. The first-order valence-corrected chi connectivity index (χ1v) is 8.64. The summed E-state index contributed by atoms with van der Waals surface area (Å²) in [4.78, 5) is 18.8. The lowest BCUT2D eigenvalue weighted by molar-refractivity contribution is -0.124. The number of nitrogens with two attached hydrogens (primary N) is 1. The lowest BCUT2D eigenvalue weighted by atomic mass is 9.94. The van der Waals surface area contributed by atoms with E-state index in [1.54, 1.807) is 0 Å². The fourth-order valence-corrected chi connectivity index (χ4v) is 3.55. The summed E-state index contributed by atoms with van der Waals surface area (Å²) in [7, 11) is 0. The maximum Gasteiger partial charge on any atom is 0.239 e. The summed E-state index contributed by atoms with van der Waals surface area (Å²) in [6.07, 6.45) is 4.31. The molecule has 1 saturated heterocycles. The molecule has 2 aliphatic rings. The van der Waals surface area contributed by atoms with Crippen molar-refractivity contribution in [2.45, 2.75) is 43.6 Å². The number of carbonyl (C=O) groups excluding carboxylic acids is 1. The molecule has 0 radical (unpaired) electrons. The summed E-state index contributed by atoms with van der Waals surface area (Å²) in [6, 6.07) is 9.33. The Morgan fingerprint density at radius 1 is 1.21 bits per heavy atom. The third-order valence-corrected chi connectivity index (χ3v) is 4.95. The van der Waals surface area contributed by atoms with Crippen LogP contribution < -0.4 is 5.73 Å². The molecule has 126 valence electrons. The maximum atomic E-state index is 12.1. The lowest BCUT2D eigenvalue weighted by Crippen LogP contribution is -2.43. The number of nitrogens with zero attached hydrogens (tertiary/aromatic N) is 3. The summed E-state index contributed by atoms with van der Waals surface area (Å²) < 4.78 is 5.40. The molecule has 0 bridgehead atoms. The first-order valence-electron chi connectivity index (χ1n) is 8.64. The molecule has 1 aromatic carbocycles. The third-order valence-electron chi connectivity index (χ3n) is 4.95. The van der Waals surface area contributed by atoms with E-state index in [9.17, 15) is 4.79 Å². The summed E-state index contributed by atoms with van der Waals surface area (Å²) in [5.41, 5.74) is 6.65. The van der Waals surface area contributed by atoms with E-state index in [0.717, 1.165) is 56.1 Å². The van der Waals surface area contributed by atoms with Gasteiger partial charge in [0.25, 0.3) is 0 Å². The van der Waals surface area contributed by atoms with Crippen LogP contribution >= 0.6 is 0 Å². The fraction of sp³-hybridized carbons (Fsp3) is 0.500. The van der Waals surface area contributed by atoms with Crippen LogP contribution in [0.15, 0.2) is 34.9 Å². The number of amides is 1. The SMILES string of the molecule is NC(=O)[C@H](c1ccccc1)N1CCC[C@H](c2noc(C3CC3)n2)C1. The van der Waals surface area contributed by atoms with Gasteiger partial charge in [0.05, 0.1) is 0 Å². The molecule has 1 aliphatic carbocycles. The van der Waals surface area contributed by atoms with E-state index < -0.39 is 6.04 Å². The zero-order valence-electron chi connectivity index (χ0n) is 13.6. The highest BCUT2D eigenvalue weighted by molar-refractivity contribution is 5.81. The van der Waals surface area contributed by atoms with Crippen molar-refractivity contribution in [2.75, 3.05) is 13.1 Å². The molecule has 2 atom stereocenters. The van der Waals surface area contributed by atoms with Gasteiger partial charge in [-0.25, -0.2) is 0 Å². The highest BCUT2D eigenvalue weighted by Crippen LogP contribution is 2.40. The maximum absolute atomic E-state index is 12.1. The number of likely N-dealkylation sites (tertiary alicyclic amines) is 1. The molecule has 2 heterocycles. The van der Waals surface area contributed by atoms with Crippen LogP contribution in [0.2, 0.25) is 0 Å². The van der Waals surface area contributed by atoms with Crippen LogP contribution in [0.5, 0.6) is 0 Å². The zero-order valence-corrected chi connectivity index (χ0v) is 13.6. The Morgan fingerprint density at radius 2 is 2.00 bits per heavy atom. The van der Waals surface area contributed by atoms with Crippen molar-refractivity contribution >= 4 is 5.91 Å². The van der Waals surface area contributed by atoms with E-state index in [-0.39, 0.29) is 11.8 Å². The summed E-state index contributed by atoms with van der Waals surface area (Å²) in [5.74, 6) is 1.90. The van der Waals surface area contributed by atoms with Crippen LogP contribution in [0.1, 0.15) is 60.8 Å². The van der Waals surface area contributed by atoms with Gasteiger partial charge in [0, 0.05) is 18.4 Å². The van der Waals surface area contributed by atoms with Crippen LogP contribution in [-0.4, -0.2) is 34.0 Å². The molecule has 1 aromatic heterocycles. The minimum Gasteiger partial charge on any atom is -0.368 e. The van der Waals surface area contributed by atoms with Gasteiger partial charge < -0.3 is 10.3 Å². The monoisotopic (exact) mass is 326 g/mol. The molecule has 2 fully saturated rings. The largest absolute Gasteiger partial charge is 0.368 e. The van der Waals surface area contributed by atoms with Gasteiger partial charge in [-0.1, -0.05) is 35.5 Å². The molecule has 4 rings (SSSR count). The van der Waals surface area contributed by atoms with Gasteiger partial charge in [-0.2, -0.15) is 4.98 Å². The van der Waals surface area contributed by atoms with E-state index in [1.807, 2.05) is 30.3 Å². The van der Waals surface area contributed by atoms with E-state index >= 15 is 0 Å². The van der Waals surface area contributed by atoms with E-state index in [1.165, 1.54) is 0 Å². The van der Waals surface area contributed by atoms with E-state index in [4.69, 9.17) is 10.3 Å². The minimum atomic E-state index is -0.399. The van der Waals surface area contributed by atoms with Gasteiger partial charge in [-0.3, -0.25) is 9.69 Å². The van der Waals surface area contributed by atoms with Crippen LogP contribution in [0.25, 0.3) is 0 Å². The zero-order chi connectivity index (χ0) is 16.5. The van der Waals surface area contributed by atoms with Crippen LogP contribution in [0.4, 0.5) is 0 Å². The molecule has 1 saturated carbocycles. The van der Waals surface area contributed by atoms with Gasteiger partial charge in [0.1, 0.15) is 6.04 Å². The molecular formula is C18H22N4O2. The normalized spacial score (nSPS) is 23.1. The smallest absolute Gasteiger partial charge is 0.239 e. The second kappa shape index (κ2) is 6.36. The van der Waals surface area contributed by atoms with Gasteiger partial charge in [0.2, 0.25) is 11.8 Å². The predicted molar refractivity (Wildman–Crippen MR) is 88.2 cm³/mol. The predicted octanol–water partition coefficient (Wildman–Crippen LogP) is 2.35. The molecule has 1 amide bonds. The van der Waals surface area contributed by atoms with Crippen molar-refractivity contribution in [2.24, 2.45) is 5.73 Å². The Hall–Kier alpha value is -2.21. The van der Waals surface area contributed by atoms with Crippen LogP contribution in [0, 0.1) is 0 Å². The number of rotatable bonds is 5. The number of aromatic nitrogens is 2. The number of hydrogen-bond donors (Lipinski definition) is 1. The van der Waals surface area contributed by atoms with Crippen LogP contribution in [0.3, 0.4) is 0 Å². The van der Waals surface area contributed by atoms with Crippen molar-refractivity contribution < 1.29 is 9.32 Å². The highest BCUT2D eigenvalue weighted by Gasteiger charge is 2.34. The lowest BCUT2D eigenvalue weighted by Gasteiger charge is -2.36. The Kier molecular flexibility index (Phi) is 4.06. The van der Waals surface area contributed by atoms with Gasteiger partial charge in [-0.05, 0) is 37.8 Å². The van der Waals surface area contributed by atoms with Gasteiger partial charge in [0.15, 0.2) is 5.82 Å². The topological polar surface area (TPSA) is 85.3 Å². The number of piperidine rings is 1. The average molecular weight is 326 g/mol.